The maximum absolute atomic E-state index is 11.4. The van der Waals surface area contributed by atoms with Crippen molar-refractivity contribution in [3.05, 3.63) is 22.4 Å². The minimum atomic E-state index is -0.268. The van der Waals surface area contributed by atoms with Gasteiger partial charge in [-0.2, -0.15) is 5.10 Å². The summed E-state index contributed by atoms with van der Waals surface area (Å²) in [6, 6.07) is 1.74. The number of H-pyrrole nitrogens is 1. The number of nitrogens with zero attached hydrogens (tertiary/aromatic N) is 3. The van der Waals surface area contributed by atoms with Crippen LogP contribution in [-0.4, -0.2) is 31.7 Å². The number of aromatic amines is 1. The van der Waals surface area contributed by atoms with Gasteiger partial charge in [-0.3, -0.25) is 0 Å². The van der Waals surface area contributed by atoms with Crippen LogP contribution in [0.25, 0.3) is 5.65 Å². The number of nitrogens with two attached hydrogens (primary N) is 1. The van der Waals surface area contributed by atoms with Crippen molar-refractivity contribution >= 4 is 11.5 Å². The Bertz CT molecular complexity index is 639. The van der Waals surface area contributed by atoms with E-state index in [4.69, 9.17) is 5.73 Å². The Morgan fingerprint density at radius 1 is 1.61 bits per heavy atom. The number of hydrogen-bond acceptors (Lipinski definition) is 5. The first kappa shape index (κ1) is 11.2. The quantitative estimate of drug-likeness (QED) is 0.710. The molecule has 96 valence electrons. The highest BCUT2D eigenvalue weighted by Gasteiger charge is 2.32. The van der Waals surface area contributed by atoms with Gasteiger partial charge in [-0.25, -0.2) is 19.3 Å². The van der Waals surface area contributed by atoms with E-state index >= 15 is 0 Å². The zero-order valence-electron chi connectivity index (χ0n) is 10.2. The number of rotatable bonds is 3. The second kappa shape index (κ2) is 3.81. The predicted molar refractivity (Wildman–Crippen MR) is 67.6 cm³/mol. The molecule has 0 aliphatic heterocycles. The third kappa shape index (κ3) is 1.76. The van der Waals surface area contributed by atoms with Crippen molar-refractivity contribution in [2.45, 2.75) is 31.7 Å². The summed E-state index contributed by atoms with van der Waals surface area (Å²) < 4.78 is 1.44. The van der Waals surface area contributed by atoms with Crippen molar-refractivity contribution in [2.75, 3.05) is 11.9 Å². The molecule has 1 saturated carbocycles. The van der Waals surface area contributed by atoms with Crippen molar-refractivity contribution in [1.82, 2.24) is 19.6 Å². The second-order valence-electron chi connectivity index (χ2n) is 4.98. The Kier molecular flexibility index (Phi) is 2.37. The van der Waals surface area contributed by atoms with Crippen molar-refractivity contribution in [3.8, 4) is 0 Å². The molecular weight excluding hydrogens is 232 g/mol. The van der Waals surface area contributed by atoms with E-state index in [0.717, 1.165) is 12.8 Å². The Balaban J connectivity index is 1.86. The van der Waals surface area contributed by atoms with Crippen LogP contribution in [0.5, 0.6) is 0 Å². The Morgan fingerprint density at radius 3 is 3.06 bits per heavy atom. The van der Waals surface area contributed by atoms with Gasteiger partial charge in [0.2, 0.25) is 0 Å². The molecule has 1 fully saturated rings. The van der Waals surface area contributed by atoms with E-state index < -0.39 is 0 Å². The van der Waals surface area contributed by atoms with Gasteiger partial charge in [0.05, 0.1) is 0 Å². The molecule has 0 spiro atoms. The van der Waals surface area contributed by atoms with Gasteiger partial charge < -0.3 is 11.1 Å². The number of aromatic nitrogens is 4. The smallest absolute Gasteiger partial charge is 0.349 e. The number of nitrogens with one attached hydrogen (secondary N) is 2. The van der Waals surface area contributed by atoms with E-state index in [9.17, 15) is 4.79 Å². The molecule has 4 N–H and O–H groups in total. The van der Waals surface area contributed by atoms with Gasteiger partial charge in [0.15, 0.2) is 5.65 Å². The summed E-state index contributed by atoms with van der Waals surface area (Å²) in [5.74, 6) is 1.31. The van der Waals surface area contributed by atoms with Crippen molar-refractivity contribution in [1.29, 1.82) is 0 Å². The van der Waals surface area contributed by atoms with Gasteiger partial charge in [-0.15, -0.1) is 0 Å². The maximum atomic E-state index is 11.4. The van der Waals surface area contributed by atoms with Crippen LogP contribution in [0, 0.1) is 6.92 Å². The molecule has 0 amide bonds. The first-order chi connectivity index (χ1) is 8.57. The fourth-order valence-corrected chi connectivity index (χ4v) is 2.26. The van der Waals surface area contributed by atoms with Gasteiger partial charge in [-0.05, 0) is 26.2 Å². The monoisotopic (exact) mass is 248 g/mol. The Hall–Kier alpha value is -1.89. The highest BCUT2D eigenvalue weighted by Crippen LogP contribution is 2.29. The number of hydrogen-bond donors (Lipinski definition) is 3. The molecule has 18 heavy (non-hydrogen) atoms. The molecule has 2 heterocycles. The molecule has 0 saturated heterocycles. The van der Waals surface area contributed by atoms with Crippen LogP contribution in [0.15, 0.2) is 10.9 Å². The number of aryl methyl sites for hydroxylation is 1. The maximum Gasteiger partial charge on any atom is 0.349 e. The van der Waals surface area contributed by atoms with Crippen molar-refractivity contribution in [3.63, 3.8) is 0 Å². The van der Waals surface area contributed by atoms with E-state index in [1.165, 1.54) is 10.8 Å². The highest BCUT2D eigenvalue weighted by atomic mass is 16.1. The lowest BCUT2D eigenvalue weighted by molar-refractivity contribution is 0.265. The lowest BCUT2D eigenvalue weighted by atomic mass is 9.78. The largest absolute Gasteiger partial charge is 0.368 e. The Labute approximate surface area is 103 Å². The van der Waals surface area contributed by atoms with E-state index in [0.29, 0.717) is 23.8 Å². The summed E-state index contributed by atoms with van der Waals surface area (Å²) in [6.07, 6.45) is 3.28. The molecule has 2 aromatic rings. The van der Waals surface area contributed by atoms with Crippen LogP contribution in [-0.2, 0) is 0 Å². The normalized spacial score (nSPS) is 17.7. The molecule has 0 radical (unpaired) electrons. The summed E-state index contributed by atoms with van der Waals surface area (Å²) in [5.41, 5.74) is 6.33. The molecule has 7 nitrogen and oxygen atoms in total. The zero-order chi connectivity index (χ0) is 12.8. The molecular formula is C11H16N6O. The van der Waals surface area contributed by atoms with Gasteiger partial charge >= 0.3 is 5.69 Å². The van der Waals surface area contributed by atoms with Gasteiger partial charge in [0, 0.05) is 18.2 Å². The van der Waals surface area contributed by atoms with Gasteiger partial charge in [-0.1, -0.05) is 0 Å². The Morgan fingerprint density at radius 2 is 2.39 bits per heavy atom. The summed E-state index contributed by atoms with van der Waals surface area (Å²) in [6.45, 7) is 2.47. The lowest BCUT2D eigenvalue weighted by Crippen LogP contribution is -2.52. The van der Waals surface area contributed by atoms with Crippen LogP contribution in [0.1, 0.15) is 25.1 Å². The average Bonchev–Trinajstić information content (AvgIpc) is 2.66. The minimum absolute atomic E-state index is 0.104. The fraction of sp³-hybridized carbons (Fsp3) is 0.545. The predicted octanol–water partition coefficient (Wildman–Crippen LogP) is 0.0193. The van der Waals surface area contributed by atoms with E-state index in [2.05, 4.69) is 20.5 Å². The van der Waals surface area contributed by atoms with Gasteiger partial charge in [0.25, 0.3) is 0 Å². The van der Waals surface area contributed by atoms with E-state index in [1.807, 2.05) is 0 Å². The van der Waals surface area contributed by atoms with Crippen molar-refractivity contribution in [2.24, 2.45) is 5.73 Å². The van der Waals surface area contributed by atoms with Crippen molar-refractivity contribution < 1.29 is 0 Å². The summed E-state index contributed by atoms with van der Waals surface area (Å²) >= 11 is 0. The molecule has 1 aliphatic carbocycles. The molecule has 1 aliphatic rings. The molecule has 0 unspecified atom stereocenters. The number of fused-ring (bicyclic) bond motifs is 1. The third-order valence-electron chi connectivity index (χ3n) is 3.54. The standard InChI is InChI=1S/C11H16N6O/c1-7-14-8(13-6-11(12)3-2-4-11)5-9-15-16-10(18)17(7)9/h5,13H,2-4,6,12H2,1H3,(H,16,18). The van der Waals surface area contributed by atoms with Gasteiger partial charge in [0.1, 0.15) is 11.6 Å². The molecule has 0 aromatic carbocycles. The highest BCUT2D eigenvalue weighted by molar-refractivity contribution is 5.49. The zero-order valence-corrected chi connectivity index (χ0v) is 10.2. The van der Waals surface area contributed by atoms with Crippen LogP contribution in [0.3, 0.4) is 0 Å². The minimum Gasteiger partial charge on any atom is -0.368 e. The summed E-state index contributed by atoms with van der Waals surface area (Å²) in [4.78, 5) is 15.8. The molecule has 3 rings (SSSR count). The summed E-state index contributed by atoms with van der Waals surface area (Å²) in [7, 11) is 0. The average molecular weight is 248 g/mol. The van der Waals surface area contributed by atoms with Crippen LogP contribution < -0.4 is 16.7 Å². The molecule has 2 aromatic heterocycles. The molecule has 7 heteroatoms. The number of anilines is 1. The molecule has 0 atom stereocenters. The third-order valence-corrected chi connectivity index (χ3v) is 3.54. The summed E-state index contributed by atoms with van der Waals surface area (Å²) in [5, 5.41) is 9.56. The molecule has 0 bridgehead atoms. The fourth-order valence-electron chi connectivity index (χ4n) is 2.26. The van der Waals surface area contributed by atoms with Crippen LogP contribution in [0.2, 0.25) is 0 Å². The topological polar surface area (TPSA) is 101 Å². The van der Waals surface area contributed by atoms with Crippen LogP contribution in [0.4, 0.5) is 5.82 Å². The SMILES string of the molecule is Cc1nc(NCC2(N)CCC2)cc2n[nH]c(=O)n12. The van der Waals surface area contributed by atoms with Crippen LogP contribution >= 0.6 is 0 Å². The lowest BCUT2D eigenvalue weighted by Gasteiger charge is -2.38. The van der Waals surface area contributed by atoms with E-state index in [-0.39, 0.29) is 11.2 Å². The second-order valence-corrected chi connectivity index (χ2v) is 4.98. The van der Waals surface area contributed by atoms with E-state index in [1.54, 1.807) is 13.0 Å². The first-order valence-electron chi connectivity index (χ1n) is 6.05. The first-order valence-corrected chi connectivity index (χ1v) is 6.05.